The van der Waals surface area contributed by atoms with Gasteiger partial charge < -0.3 is 15.4 Å². The molecule has 0 bridgehead atoms. The second-order valence-electron chi connectivity index (χ2n) is 6.30. The fourth-order valence-corrected chi connectivity index (χ4v) is 3.18. The normalized spacial score (nSPS) is 15.7. The molecular weight excluding hydrogens is 304 g/mol. The second-order valence-corrected chi connectivity index (χ2v) is 6.30. The molecule has 1 aliphatic rings. The molecule has 1 aromatic heterocycles. The Balaban J connectivity index is 1.50. The zero-order valence-corrected chi connectivity index (χ0v) is 14.0. The molecule has 3 rings (SSSR count). The molecule has 2 aromatic rings. The van der Waals surface area contributed by atoms with Crippen molar-refractivity contribution in [2.75, 3.05) is 32.1 Å². The third kappa shape index (κ3) is 3.48. The van der Waals surface area contributed by atoms with Crippen molar-refractivity contribution in [3.05, 3.63) is 30.6 Å². The number of ether oxygens (including phenoxy) is 1. The molecule has 1 heterocycles. The number of rotatable bonds is 8. The number of methoxy groups -OCH3 is 1. The van der Waals surface area contributed by atoms with Gasteiger partial charge in [-0.15, -0.1) is 0 Å². The lowest BCUT2D eigenvalue weighted by Gasteiger charge is -2.40. The highest BCUT2D eigenvalue weighted by molar-refractivity contribution is 5.88. The number of hydrogen-bond donors (Lipinski definition) is 2. The largest absolute Gasteiger partial charge is 0.385 e. The Morgan fingerprint density at radius 3 is 2.83 bits per heavy atom. The van der Waals surface area contributed by atoms with Gasteiger partial charge in [-0.25, -0.2) is 9.97 Å². The van der Waals surface area contributed by atoms with Gasteiger partial charge in [0.05, 0.1) is 10.9 Å². The number of carbonyl (C=O) groups excluding carboxylic acids is 1. The molecule has 0 radical (unpaired) electrons. The molecule has 0 spiro atoms. The van der Waals surface area contributed by atoms with Crippen LogP contribution >= 0.6 is 0 Å². The molecule has 2 N–H and O–H groups in total. The van der Waals surface area contributed by atoms with Crippen molar-refractivity contribution in [2.24, 2.45) is 5.41 Å². The van der Waals surface area contributed by atoms with Crippen molar-refractivity contribution in [1.82, 2.24) is 15.3 Å². The lowest BCUT2D eigenvalue weighted by molar-refractivity contribution is -0.137. The van der Waals surface area contributed by atoms with E-state index in [1.165, 1.54) is 0 Å². The Kier molecular flexibility index (Phi) is 5.25. The fraction of sp³-hybridized carbons (Fsp3) is 0.500. The third-order valence-electron chi connectivity index (χ3n) is 4.82. The maximum Gasteiger partial charge on any atom is 0.226 e. The lowest BCUT2D eigenvalue weighted by Crippen LogP contribution is -2.47. The minimum absolute atomic E-state index is 0.153. The summed E-state index contributed by atoms with van der Waals surface area (Å²) in [4.78, 5) is 21.0. The van der Waals surface area contributed by atoms with E-state index in [4.69, 9.17) is 4.74 Å². The van der Waals surface area contributed by atoms with Crippen molar-refractivity contribution >= 4 is 22.6 Å². The van der Waals surface area contributed by atoms with Crippen molar-refractivity contribution in [3.63, 3.8) is 0 Å². The summed E-state index contributed by atoms with van der Waals surface area (Å²) in [6.45, 7) is 1.84. The van der Waals surface area contributed by atoms with Crippen LogP contribution in [-0.2, 0) is 9.53 Å². The van der Waals surface area contributed by atoms with E-state index in [2.05, 4.69) is 20.6 Å². The zero-order chi connectivity index (χ0) is 16.8. The minimum atomic E-state index is -0.211. The average molecular weight is 328 g/mol. The summed E-state index contributed by atoms with van der Waals surface area (Å²) in [6, 6.07) is 7.87. The monoisotopic (exact) mass is 328 g/mol. The van der Waals surface area contributed by atoms with Gasteiger partial charge in [0.2, 0.25) is 5.91 Å². The van der Waals surface area contributed by atoms with Crippen LogP contribution in [-0.4, -0.2) is 42.7 Å². The number of nitrogens with zero attached hydrogens (tertiary/aromatic N) is 2. The fourth-order valence-electron chi connectivity index (χ4n) is 3.18. The van der Waals surface area contributed by atoms with Gasteiger partial charge in [0.25, 0.3) is 0 Å². The van der Waals surface area contributed by atoms with Crippen molar-refractivity contribution < 1.29 is 9.53 Å². The Bertz CT molecular complexity index is 695. The number of fused-ring (bicyclic) bond motifs is 1. The summed E-state index contributed by atoms with van der Waals surface area (Å²) in [7, 11) is 1.68. The number of carbonyl (C=O) groups is 1. The molecule has 0 aliphatic heterocycles. The molecule has 6 heteroatoms. The molecule has 1 fully saturated rings. The zero-order valence-electron chi connectivity index (χ0n) is 14.0. The quantitative estimate of drug-likeness (QED) is 0.728. The molecule has 0 unspecified atom stereocenters. The van der Waals surface area contributed by atoms with Gasteiger partial charge >= 0.3 is 0 Å². The van der Waals surface area contributed by atoms with Crippen LogP contribution in [0.1, 0.15) is 25.7 Å². The van der Waals surface area contributed by atoms with Gasteiger partial charge in [0.15, 0.2) is 0 Å². The van der Waals surface area contributed by atoms with Crippen LogP contribution in [0.2, 0.25) is 0 Å². The van der Waals surface area contributed by atoms with E-state index < -0.39 is 0 Å². The number of anilines is 1. The van der Waals surface area contributed by atoms with E-state index in [-0.39, 0.29) is 11.3 Å². The van der Waals surface area contributed by atoms with E-state index in [0.29, 0.717) is 19.7 Å². The van der Waals surface area contributed by atoms with Crippen LogP contribution in [0, 0.1) is 5.41 Å². The van der Waals surface area contributed by atoms with Gasteiger partial charge in [-0.2, -0.15) is 0 Å². The van der Waals surface area contributed by atoms with Crippen LogP contribution in [0.5, 0.6) is 0 Å². The van der Waals surface area contributed by atoms with Crippen LogP contribution < -0.4 is 10.6 Å². The van der Waals surface area contributed by atoms with Crippen LogP contribution in [0.4, 0.5) is 5.82 Å². The Morgan fingerprint density at radius 1 is 1.25 bits per heavy atom. The highest BCUT2D eigenvalue weighted by Crippen LogP contribution is 2.44. The van der Waals surface area contributed by atoms with Crippen LogP contribution in [0.25, 0.3) is 10.9 Å². The van der Waals surface area contributed by atoms with Crippen molar-refractivity contribution in [3.8, 4) is 0 Å². The summed E-state index contributed by atoms with van der Waals surface area (Å²) < 4.78 is 5.14. The Hall–Kier alpha value is -2.21. The molecule has 0 atom stereocenters. The van der Waals surface area contributed by atoms with E-state index in [1.54, 1.807) is 13.4 Å². The Labute approximate surface area is 142 Å². The summed E-state index contributed by atoms with van der Waals surface area (Å²) >= 11 is 0. The van der Waals surface area contributed by atoms with E-state index >= 15 is 0 Å². The van der Waals surface area contributed by atoms with Gasteiger partial charge in [-0.05, 0) is 31.4 Å². The number of para-hydroxylation sites is 1. The highest BCUT2D eigenvalue weighted by atomic mass is 16.5. The van der Waals surface area contributed by atoms with E-state index in [0.717, 1.165) is 42.4 Å². The van der Waals surface area contributed by atoms with Gasteiger partial charge in [0.1, 0.15) is 12.1 Å². The first kappa shape index (κ1) is 16.6. The molecule has 128 valence electrons. The number of hydrogen-bond acceptors (Lipinski definition) is 5. The van der Waals surface area contributed by atoms with Gasteiger partial charge in [-0.1, -0.05) is 18.6 Å². The number of nitrogens with one attached hydrogen (secondary N) is 2. The number of aromatic nitrogens is 2. The van der Waals surface area contributed by atoms with Gasteiger partial charge in [-0.3, -0.25) is 4.79 Å². The molecule has 1 aliphatic carbocycles. The summed E-state index contributed by atoms with van der Waals surface area (Å²) in [5.74, 6) is 0.952. The molecule has 0 saturated heterocycles. The average Bonchev–Trinajstić information content (AvgIpc) is 2.58. The predicted molar refractivity (Wildman–Crippen MR) is 93.8 cm³/mol. The molecule has 1 aromatic carbocycles. The van der Waals surface area contributed by atoms with Crippen LogP contribution in [0.15, 0.2) is 30.6 Å². The van der Waals surface area contributed by atoms with Crippen molar-refractivity contribution in [1.29, 1.82) is 0 Å². The summed E-state index contributed by atoms with van der Waals surface area (Å²) in [5.41, 5.74) is 0.699. The Morgan fingerprint density at radius 2 is 2.08 bits per heavy atom. The third-order valence-corrected chi connectivity index (χ3v) is 4.82. The topological polar surface area (TPSA) is 76.1 Å². The molecular formula is C18H24N4O2. The molecule has 24 heavy (non-hydrogen) atoms. The summed E-state index contributed by atoms with van der Waals surface area (Å²) in [5, 5.41) is 7.32. The number of amides is 1. The molecule has 6 nitrogen and oxygen atoms in total. The van der Waals surface area contributed by atoms with Crippen molar-refractivity contribution in [2.45, 2.75) is 25.7 Å². The van der Waals surface area contributed by atoms with Gasteiger partial charge in [0, 0.05) is 32.2 Å². The highest BCUT2D eigenvalue weighted by Gasteiger charge is 2.43. The first-order valence-electron chi connectivity index (χ1n) is 8.46. The maximum absolute atomic E-state index is 12.5. The predicted octanol–water partition coefficient (Wildman–Crippen LogP) is 2.36. The SMILES string of the molecule is COCCC1(C(=O)NCCNc2ncnc3ccccc23)CCC1. The smallest absolute Gasteiger partial charge is 0.226 e. The summed E-state index contributed by atoms with van der Waals surface area (Å²) in [6.07, 6.45) is 5.41. The first-order valence-corrected chi connectivity index (χ1v) is 8.46. The van der Waals surface area contributed by atoms with E-state index in [9.17, 15) is 4.79 Å². The lowest BCUT2D eigenvalue weighted by atomic mass is 9.66. The number of benzene rings is 1. The van der Waals surface area contributed by atoms with E-state index in [1.807, 2.05) is 24.3 Å². The standard InChI is InChI=1S/C18H24N4O2/c1-24-12-9-18(7-4-8-18)17(23)20-11-10-19-16-14-5-2-3-6-15(14)21-13-22-16/h2-3,5-6,13H,4,7-12H2,1H3,(H,20,23)(H,19,21,22). The second kappa shape index (κ2) is 7.57. The van der Waals surface area contributed by atoms with Crippen LogP contribution in [0.3, 0.4) is 0 Å². The minimum Gasteiger partial charge on any atom is -0.385 e. The molecule has 1 saturated carbocycles. The molecule has 1 amide bonds. The first-order chi connectivity index (χ1) is 11.7. The maximum atomic E-state index is 12.5.